The molecule has 0 aromatic rings. The number of hydrogen-bond donors (Lipinski definition) is 1. The number of carbonyl (C=O) groups is 1. The number of rotatable bonds is 4. The van der Waals surface area contributed by atoms with Crippen LogP contribution in [0.4, 0.5) is 4.79 Å². The Bertz CT molecular complexity index is 246. The van der Waals surface area contributed by atoms with Crippen molar-refractivity contribution in [2.45, 2.75) is 37.5 Å². The molecule has 1 aliphatic heterocycles. The minimum atomic E-state index is -0.851. The minimum Gasteiger partial charge on any atom is -0.465 e. The summed E-state index contributed by atoms with van der Waals surface area (Å²) in [6.07, 6.45) is 2.63. The van der Waals surface area contributed by atoms with Crippen LogP contribution in [-0.4, -0.2) is 54.6 Å². The lowest BCUT2D eigenvalue weighted by molar-refractivity contribution is 0.0888. The topological polar surface area (TPSA) is 62.3 Å². The first kappa shape index (κ1) is 10.7. The Morgan fingerprint density at radius 2 is 2.33 bits per heavy atom. The van der Waals surface area contributed by atoms with E-state index < -0.39 is 6.09 Å². The molecule has 15 heavy (non-hydrogen) atoms. The number of carboxylic acid groups (broad SMARTS) is 1. The van der Waals surface area contributed by atoms with Gasteiger partial charge in [0.1, 0.15) is 0 Å². The lowest BCUT2D eigenvalue weighted by Crippen LogP contribution is -2.43. The molecule has 1 saturated heterocycles. The van der Waals surface area contributed by atoms with Crippen molar-refractivity contribution in [3.63, 3.8) is 0 Å². The van der Waals surface area contributed by atoms with Crippen molar-refractivity contribution in [3.05, 3.63) is 0 Å². The molecule has 0 aromatic carbocycles. The second-order valence-corrected chi connectivity index (χ2v) is 4.15. The van der Waals surface area contributed by atoms with Gasteiger partial charge in [0.25, 0.3) is 0 Å². The molecule has 1 heterocycles. The number of ether oxygens (including phenoxy) is 2. The van der Waals surface area contributed by atoms with Gasteiger partial charge in [-0.3, -0.25) is 0 Å². The summed E-state index contributed by atoms with van der Waals surface area (Å²) >= 11 is 0. The fourth-order valence-electron chi connectivity index (χ4n) is 2.29. The van der Waals surface area contributed by atoms with Gasteiger partial charge in [0.15, 0.2) is 0 Å². The summed E-state index contributed by atoms with van der Waals surface area (Å²) in [5.74, 6) is 0. The number of amides is 1. The van der Waals surface area contributed by atoms with E-state index in [1.807, 2.05) is 0 Å². The average Bonchev–Trinajstić information content (AvgIpc) is 2.96. The highest BCUT2D eigenvalue weighted by Gasteiger charge is 2.45. The van der Waals surface area contributed by atoms with Crippen molar-refractivity contribution in [2.75, 3.05) is 20.3 Å². The molecule has 3 atom stereocenters. The lowest BCUT2D eigenvalue weighted by atomic mass is 9.94. The van der Waals surface area contributed by atoms with Gasteiger partial charge in [0.2, 0.25) is 0 Å². The summed E-state index contributed by atoms with van der Waals surface area (Å²) in [7, 11) is 1.58. The maximum atomic E-state index is 11.1. The SMILES string of the molecule is COCCN(C(=O)O)C1CCC2OC2C1. The lowest BCUT2D eigenvalue weighted by Gasteiger charge is -2.30. The smallest absolute Gasteiger partial charge is 0.407 e. The fourth-order valence-corrected chi connectivity index (χ4v) is 2.29. The van der Waals surface area contributed by atoms with E-state index in [1.54, 1.807) is 7.11 Å². The Labute approximate surface area is 89.0 Å². The number of nitrogens with zero attached hydrogens (tertiary/aromatic N) is 1. The van der Waals surface area contributed by atoms with Crippen LogP contribution in [0.15, 0.2) is 0 Å². The third-order valence-corrected chi connectivity index (χ3v) is 3.20. The Balaban J connectivity index is 1.88. The molecule has 2 rings (SSSR count). The highest BCUT2D eigenvalue weighted by molar-refractivity contribution is 5.65. The van der Waals surface area contributed by atoms with E-state index in [1.165, 1.54) is 4.90 Å². The molecule has 0 radical (unpaired) electrons. The molecule has 1 aliphatic carbocycles. The van der Waals surface area contributed by atoms with Gasteiger partial charge < -0.3 is 19.5 Å². The monoisotopic (exact) mass is 215 g/mol. The largest absolute Gasteiger partial charge is 0.465 e. The van der Waals surface area contributed by atoms with E-state index in [0.29, 0.717) is 25.4 Å². The van der Waals surface area contributed by atoms with Gasteiger partial charge in [0, 0.05) is 19.7 Å². The molecule has 0 bridgehead atoms. The van der Waals surface area contributed by atoms with E-state index in [-0.39, 0.29) is 6.04 Å². The van der Waals surface area contributed by atoms with Crippen molar-refractivity contribution in [1.29, 1.82) is 0 Å². The molecule has 0 spiro atoms. The number of epoxide rings is 1. The molecule has 1 amide bonds. The van der Waals surface area contributed by atoms with Gasteiger partial charge >= 0.3 is 6.09 Å². The van der Waals surface area contributed by atoms with Gasteiger partial charge in [-0.1, -0.05) is 0 Å². The Hall–Kier alpha value is -0.810. The number of methoxy groups -OCH3 is 1. The van der Waals surface area contributed by atoms with E-state index in [0.717, 1.165) is 19.3 Å². The predicted octanol–water partition coefficient (Wildman–Crippen LogP) is 0.933. The van der Waals surface area contributed by atoms with Crippen molar-refractivity contribution in [3.8, 4) is 0 Å². The molecule has 0 aromatic heterocycles. The van der Waals surface area contributed by atoms with E-state index in [9.17, 15) is 4.79 Å². The predicted molar refractivity (Wildman–Crippen MR) is 52.9 cm³/mol. The first-order valence-electron chi connectivity index (χ1n) is 5.36. The van der Waals surface area contributed by atoms with Crippen LogP contribution in [0.25, 0.3) is 0 Å². The Kier molecular flexibility index (Phi) is 3.11. The van der Waals surface area contributed by atoms with E-state index in [4.69, 9.17) is 14.6 Å². The van der Waals surface area contributed by atoms with Crippen molar-refractivity contribution >= 4 is 6.09 Å². The summed E-state index contributed by atoms with van der Waals surface area (Å²) in [6, 6.07) is 0.112. The van der Waals surface area contributed by atoms with Crippen molar-refractivity contribution < 1.29 is 19.4 Å². The Morgan fingerprint density at radius 1 is 1.53 bits per heavy atom. The summed E-state index contributed by atoms with van der Waals surface area (Å²) in [4.78, 5) is 12.5. The van der Waals surface area contributed by atoms with Crippen LogP contribution < -0.4 is 0 Å². The second-order valence-electron chi connectivity index (χ2n) is 4.15. The summed E-state index contributed by atoms with van der Waals surface area (Å²) < 4.78 is 10.3. The fraction of sp³-hybridized carbons (Fsp3) is 0.900. The third kappa shape index (κ3) is 2.41. The zero-order valence-corrected chi connectivity index (χ0v) is 8.89. The third-order valence-electron chi connectivity index (χ3n) is 3.20. The molecule has 3 unspecified atom stereocenters. The van der Waals surface area contributed by atoms with Crippen molar-refractivity contribution in [2.24, 2.45) is 0 Å². The van der Waals surface area contributed by atoms with Crippen LogP contribution in [-0.2, 0) is 9.47 Å². The quantitative estimate of drug-likeness (QED) is 0.709. The van der Waals surface area contributed by atoms with Crippen LogP contribution in [0.2, 0.25) is 0 Å². The van der Waals surface area contributed by atoms with Crippen LogP contribution in [0.3, 0.4) is 0 Å². The first-order chi connectivity index (χ1) is 7.22. The second kappa shape index (κ2) is 4.37. The van der Waals surface area contributed by atoms with Gasteiger partial charge in [-0.05, 0) is 19.3 Å². The standard InChI is InChI=1S/C10H17NO4/c1-14-5-4-11(10(12)13)7-2-3-8-9(6-7)15-8/h7-9H,2-6H2,1H3,(H,12,13). The summed E-state index contributed by atoms with van der Waals surface area (Å²) in [6.45, 7) is 0.908. The molecule has 2 aliphatic rings. The van der Waals surface area contributed by atoms with E-state index >= 15 is 0 Å². The minimum absolute atomic E-state index is 0.112. The van der Waals surface area contributed by atoms with Gasteiger partial charge in [0.05, 0.1) is 18.8 Å². The van der Waals surface area contributed by atoms with Crippen LogP contribution in [0.5, 0.6) is 0 Å². The van der Waals surface area contributed by atoms with Gasteiger partial charge in [-0.15, -0.1) is 0 Å². The van der Waals surface area contributed by atoms with Crippen LogP contribution in [0, 0.1) is 0 Å². The summed E-state index contributed by atoms with van der Waals surface area (Å²) in [5, 5.41) is 9.08. The maximum absolute atomic E-state index is 11.1. The maximum Gasteiger partial charge on any atom is 0.407 e. The molecular formula is C10H17NO4. The Morgan fingerprint density at radius 3 is 2.93 bits per heavy atom. The number of fused-ring (bicyclic) bond motifs is 1. The molecular weight excluding hydrogens is 198 g/mol. The molecule has 86 valence electrons. The first-order valence-corrected chi connectivity index (χ1v) is 5.36. The highest BCUT2D eigenvalue weighted by Crippen LogP contribution is 2.38. The highest BCUT2D eigenvalue weighted by atomic mass is 16.6. The molecule has 5 nitrogen and oxygen atoms in total. The zero-order valence-electron chi connectivity index (χ0n) is 8.89. The normalized spacial score (nSPS) is 33.3. The average molecular weight is 215 g/mol. The molecule has 1 N–H and O–H groups in total. The van der Waals surface area contributed by atoms with Crippen molar-refractivity contribution in [1.82, 2.24) is 4.90 Å². The molecule has 5 heteroatoms. The molecule has 1 saturated carbocycles. The van der Waals surface area contributed by atoms with Gasteiger partial charge in [-0.25, -0.2) is 4.79 Å². The van der Waals surface area contributed by atoms with Crippen LogP contribution in [0.1, 0.15) is 19.3 Å². The molecule has 2 fully saturated rings. The van der Waals surface area contributed by atoms with Gasteiger partial charge in [-0.2, -0.15) is 0 Å². The summed E-state index contributed by atoms with van der Waals surface area (Å²) in [5.41, 5.74) is 0. The van der Waals surface area contributed by atoms with Crippen LogP contribution >= 0.6 is 0 Å². The zero-order chi connectivity index (χ0) is 10.8. The van der Waals surface area contributed by atoms with E-state index in [2.05, 4.69) is 0 Å². The number of hydrogen-bond acceptors (Lipinski definition) is 3.